The largest absolute Gasteiger partial charge is 0.497 e. The number of aryl methyl sites for hydroxylation is 1. The van der Waals surface area contributed by atoms with Gasteiger partial charge in [-0.3, -0.25) is 0 Å². The first-order valence-electron chi connectivity index (χ1n) is 7.72. The first-order valence-corrected chi connectivity index (χ1v) is 7.72. The Labute approximate surface area is 136 Å². The molecular weight excluding hydrogens is 288 g/mol. The van der Waals surface area contributed by atoms with E-state index in [4.69, 9.17) is 10.00 Å². The Morgan fingerprint density at radius 1 is 1.39 bits per heavy atom. The standard InChI is InChI=1S/C18H20N4O/c1-13-8-18(20-11-14(13)10-19)21-15-6-7-22(12-15)16-4-3-5-17(9-16)23-2/h3-5,8-9,11,15H,6-7,12H2,1-2H3,(H,20,21). The maximum absolute atomic E-state index is 8.97. The lowest BCUT2D eigenvalue weighted by atomic mass is 10.2. The smallest absolute Gasteiger partial charge is 0.126 e. The molecule has 0 spiro atoms. The summed E-state index contributed by atoms with van der Waals surface area (Å²) in [7, 11) is 1.69. The van der Waals surface area contributed by atoms with Crippen molar-refractivity contribution in [3.63, 3.8) is 0 Å². The summed E-state index contributed by atoms with van der Waals surface area (Å²) in [6, 6.07) is 12.6. The van der Waals surface area contributed by atoms with Gasteiger partial charge in [0.15, 0.2) is 0 Å². The Hall–Kier alpha value is -2.74. The van der Waals surface area contributed by atoms with E-state index in [-0.39, 0.29) is 0 Å². The molecule has 1 aromatic carbocycles. The number of nitriles is 1. The molecule has 5 heteroatoms. The fourth-order valence-corrected chi connectivity index (χ4v) is 2.88. The van der Waals surface area contributed by atoms with Crippen molar-refractivity contribution in [1.82, 2.24) is 4.98 Å². The molecule has 2 heterocycles. The quantitative estimate of drug-likeness (QED) is 0.941. The van der Waals surface area contributed by atoms with E-state index in [1.165, 1.54) is 5.69 Å². The Bertz CT molecular complexity index is 738. The lowest BCUT2D eigenvalue weighted by Crippen LogP contribution is -2.26. The summed E-state index contributed by atoms with van der Waals surface area (Å²) in [5, 5.41) is 12.4. The van der Waals surface area contributed by atoms with E-state index in [1.807, 2.05) is 25.1 Å². The second-order valence-corrected chi connectivity index (χ2v) is 5.77. The van der Waals surface area contributed by atoms with Crippen LogP contribution in [0.25, 0.3) is 0 Å². The summed E-state index contributed by atoms with van der Waals surface area (Å²) in [4.78, 5) is 6.67. The van der Waals surface area contributed by atoms with Crippen LogP contribution in [0.4, 0.5) is 11.5 Å². The van der Waals surface area contributed by atoms with E-state index in [0.29, 0.717) is 11.6 Å². The molecule has 2 aromatic rings. The maximum Gasteiger partial charge on any atom is 0.126 e. The van der Waals surface area contributed by atoms with Gasteiger partial charge in [0.05, 0.1) is 12.7 Å². The van der Waals surface area contributed by atoms with Gasteiger partial charge < -0.3 is 15.0 Å². The average molecular weight is 308 g/mol. The van der Waals surface area contributed by atoms with Gasteiger partial charge >= 0.3 is 0 Å². The van der Waals surface area contributed by atoms with E-state index in [2.05, 4.69) is 33.4 Å². The molecule has 5 nitrogen and oxygen atoms in total. The lowest BCUT2D eigenvalue weighted by molar-refractivity contribution is 0.415. The number of anilines is 2. The van der Waals surface area contributed by atoms with E-state index >= 15 is 0 Å². The van der Waals surface area contributed by atoms with Crippen LogP contribution >= 0.6 is 0 Å². The Morgan fingerprint density at radius 2 is 2.26 bits per heavy atom. The molecule has 1 fully saturated rings. The predicted octanol–water partition coefficient (Wildman–Crippen LogP) is 2.96. The highest BCUT2D eigenvalue weighted by atomic mass is 16.5. The molecular formula is C18H20N4O. The third-order valence-corrected chi connectivity index (χ3v) is 4.19. The van der Waals surface area contributed by atoms with Gasteiger partial charge in [-0.2, -0.15) is 5.26 Å². The van der Waals surface area contributed by atoms with Crippen LogP contribution in [0.15, 0.2) is 36.5 Å². The SMILES string of the molecule is COc1cccc(N2CCC(Nc3cc(C)c(C#N)cn3)C2)c1. The summed E-state index contributed by atoms with van der Waals surface area (Å²) < 4.78 is 5.29. The molecule has 0 bridgehead atoms. The minimum Gasteiger partial charge on any atom is -0.497 e. The van der Waals surface area contributed by atoms with Gasteiger partial charge in [-0.25, -0.2) is 4.98 Å². The second kappa shape index (κ2) is 6.57. The normalized spacial score (nSPS) is 16.9. The van der Waals surface area contributed by atoms with Gasteiger partial charge in [0.1, 0.15) is 17.6 Å². The number of pyridine rings is 1. The highest BCUT2D eigenvalue weighted by Crippen LogP contribution is 2.25. The number of hydrogen-bond donors (Lipinski definition) is 1. The highest BCUT2D eigenvalue weighted by Gasteiger charge is 2.23. The summed E-state index contributed by atoms with van der Waals surface area (Å²) in [5.74, 6) is 1.71. The van der Waals surface area contributed by atoms with Crippen LogP contribution in [0.5, 0.6) is 5.75 Å². The first-order chi connectivity index (χ1) is 11.2. The number of nitrogens with zero attached hydrogens (tertiary/aromatic N) is 3. The molecule has 0 saturated carbocycles. The fraction of sp³-hybridized carbons (Fsp3) is 0.333. The van der Waals surface area contributed by atoms with E-state index < -0.39 is 0 Å². The monoisotopic (exact) mass is 308 g/mol. The average Bonchev–Trinajstić information content (AvgIpc) is 3.03. The van der Waals surface area contributed by atoms with Crippen molar-refractivity contribution in [3.05, 3.63) is 47.7 Å². The molecule has 3 rings (SSSR count). The zero-order valence-corrected chi connectivity index (χ0v) is 13.4. The zero-order chi connectivity index (χ0) is 16.2. The van der Waals surface area contributed by atoms with Gasteiger partial charge in [0, 0.05) is 37.1 Å². The van der Waals surface area contributed by atoms with Gasteiger partial charge in [-0.15, -0.1) is 0 Å². The number of aromatic nitrogens is 1. The second-order valence-electron chi connectivity index (χ2n) is 5.77. The summed E-state index contributed by atoms with van der Waals surface area (Å²) in [6.45, 7) is 3.86. The Kier molecular flexibility index (Phi) is 4.33. The lowest BCUT2D eigenvalue weighted by Gasteiger charge is -2.20. The molecule has 1 aliphatic heterocycles. The molecule has 23 heavy (non-hydrogen) atoms. The van der Waals surface area contributed by atoms with Crippen molar-refractivity contribution in [2.75, 3.05) is 30.4 Å². The van der Waals surface area contributed by atoms with Crippen molar-refractivity contribution >= 4 is 11.5 Å². The Morgan fingerprint density at radius 3 is 3.00 bits per heavy atom. The van der Waals surface area contributed by atoms with Crippen LogP contribution in [0.3, 0.4) is 0 Å². The maximum atomic E-state index is 8.97. The van der Waals surface area contributed by atoms with Crippen LogP contribution in [0.1, 0.15) is 17.5 Å². The fourth-order valence-electron chi connectivity index (χ4n) is 2.88. The molecule has 1 N–H and O–H groups in total. The Balaban J connectivity index is 1.66. The van der Waals surface area contributed by atoms with Crippen LogP contribution in [-0.4, -0.2) is 31.2 Å². The molecule has 0 aliphatic carbocycles. The van der Waals surface area contributed by atoms with Gasteiger partial charge in [-0.1, -0.05) is 6.07 Å². The minimum atomic E-state index is 0.348. The zero-order valence-electron chi connectivity index (χ0n) is 13.4. The number of hydrogen-bond acceptors (Lipinski definition) is 5. The van der Waals surface area contributed by atoms with Crippen LogP contribution in [0.2, 0.25) is 0 Å². The van der Waals surface area contributed by atoms with Gasteiger partial charge in [-0.05, 0) is 37.1 Å². The number of nitrogens with one attached hydrogen (secondary N) is 1. The third kappa shape index (κ3) is 3.37. The first kappa shape index (κ1) is 15.2. The number of methoxy groups -OCH3 is 1. The van der Waals surface area contributed by atoms with Crippen molar-refractivity contribution in [2.24, 2.45) is 0 Å². The molecule has 0 radical (unpaired) electrons. The molecule has 1 atom stereocenters. The molecule has 1 saturated heterocycles. The molecule has 118 valence electrons. The van der Waals surface area contributed by atoms with Crippen molar-refractivity contribution in [2.45, 2.75) is 19.4 Å². The van der Waals surface area contributed by atoms with E-state index in [9.17, 15) is 0 Å². The third-order valence-electron chi connectivity index (χ3n) is 4.19. The van der Waals surface area contributed by atoms with Gasteiger partial charge in [0.25, 0.3) is 0 Å². The van der Waals surface area contributed by atoms with E-state index in [1.54, 1.807) is 13.3 Å². The molecule has 1 aliphatic rings. The molecule has 1 unspecified atom stereocenters. The topological polar surface area (TPSA) is 61.2 Å². The number of benzene rings is 1. The summed E-state index contributed by atoms with van der Waals surface area (Å²) >= 11 is 0. The predicted molar refractivity (Wildman–Crippen MR) is 90.9 cm³/mol. The van der Waals surface area contributed by atoms with Crippen LogP contribution < -0.4 is 15.0 Å². The van der Waals surface area contributed by atoms with Crippen molar-refractivity contribution in [1.29, 1.82) is 5.26 Å². The summed E-state index contributed by atoms with van der Waals surface area (Å²) in [5.41, 5.74) is 2.75. The molecule has 0 amide bonds. The molecule has 1 aromatic heterocycles. The van der Waals surface area contributed by atoms with E-state index in [0.717, 1.165) is 36.6 Å². The highest BCUT2D eigenvalue weighted by molar-refractivity contribution is 5.53. The van der Waals surface area contributed by atoms with Crippen molar-refractivity contribution in [3.8, 4) is 11.8 Å². The van der Waals surface area contributed by atoms with Crippen LogP contribution in [0, 0.1) is 18.3 Å². The summed E-state index contributed by atoms with van der Waals surface area (Å²) in [6.07, 6.45) is 2.68. The van der Waals surface area contributed by atoms with Crippen molar-refractivity contribution < 1.29 is 4.74 Å². The van der Waals surface area contributed by atoms with Gasteiger partial charge in [0.2, 0.25) is 0 Å². The minimum absolute atomic E-state index is 0.348. The number of rotatable bonds is 4. The van der Waals surface area contributed by atoms with Crippen LogP contribution in [-0.2, 0) is 0 Å². The number of ether oxygens (including phenoxy) is 1.